The van der Waals surface area contributed by atoms with Gasteiger partial charge < -0.3 is 4.57 Å². The van der Waals surface area contributed by atoms with Gasteiger partial charge in [0.25, 0.3) is 0 Å². The first kappa shape index (κ1) is 13.6. The second-order valence-electron chi connectivity index (χ2n) is 4.34. The number of hydrogen-bond donors (Lipinski definition) is 0. The monoisotopic (exact) mass is 394 g/mol. The summed E-state index contributed by atoms with van der Waals surface area (Å²) in [5, 5.41) is 0.731. The quantitative estimate of drug-likeness (QED) is 0.485. The molecule has 0 amide bonds. The number of carbonyl (C=O) groups is 1. The summed E-state index contributed by atoms with van der Waals surface area (Å²) in [6.07, 6.45) is 0. The van der Waals surface area contributed by atoms with E-state index in [0.717, 1.165) is 19.8 Å². The first-order chi connectivity index (χ1) is 9.65. The average Bonchev–Trinajstić information content (AvgIpc) is 2.77. The summed E-state index contributed by atoms with van der Waals surface area (Å²) in [5.74, 6) is 0. The first-order valence-corrected chi connectivity index (χ1v) is 7.94. The molecule has 0 unspecified atom stereocenters. The second-order valence-corrected chi connectivity index (χ2v) is 6.52. The van der Waals surface area contributed by atoms with Crippen molar-refractivity contribution in [2.45, 2.75) is 5.16 Å². The maximum atomic E-state index is 12.3. The number of aromatic nitrogens is 2. The van der Waals surface area contributed by atoms with Crippen molar-refractivity contribution >= 4 is 50.5 Å². The minimum atomic E-state index is 0.0137. The molecule has 0 aliphatic rings. The van der Waals surface area contributed by atoms with E-state index in [9.17, 15) is 4.79 Å². The highest BCUT2D eigenvalue weighted by Gasteiger charge is 2.14. The summed E-state index contributed by atoms with van der Waals surface area (Å²) in [6, 6.07) is 15.4. The second kappa shape index (κ2) is 5.57. The fourth-order valence-electron chi connectivity index (χ4n) is 1.94. The van der Waals surface area contributed by atoms with Crippen molar-refractivity contribution in [3.05, 3.63) is 57.7 Å². The van der Waals surface area contributed by atoms with E-state index in [2.05, 4.69) is 27.6 Å². The first-order valence-electron chi connectivity index (χ1n) is 6.04. The SMILES string of the molecule is Cn1c(SC(=O)c2ccc(I)cc2)nc2ccccc21. The third kappa shape index (κ3) is 2.60. The van der Waals surface area contributed by atoms with E-state index in [-0.39, 0.29) is 5.12 Å². The van der Waals surface area contributed by atoms with Crippen LogP contribution in [0.4, 0.5) is 0 Å². The molecular formula is C15H11IN2OS. The molecule has 3 nitrogen and oxygen atoms in total. The van der Waals surface area contributed by atoms with Crippen LogP contribution in [0.15, 0.2) is 53.7 Å². The Kier molecular flexibility index (Phi) is 3.80. The molecular weight excluding hydrogens is 383 g/mol. The van der Waals surface area contributed by atoms with Crippen LogP contribution in [-0.4, -0.2) is 14.7 Å². The molecule has 1 heterocycles. The van der Waals surface area contributed by atoms with Crippen LogP contribution in [0, 0.1) is 3.57 Å². The largest absolute Gasteiger partial charge is 0.322 e. The Labute approximate surface area is 134 Å². The maximum Gasteiger partial charge on any atom is 0.227 e. The summed E-state index contributed by atoms with van der Waals surface area (Å²) in [7, 11) is 1.93. The number of nitrogens with zero attached hydrogens (tertiary/aromatic N) is 2. The summed E-state index contributed by atoms with van der Waals surface area (Å²) in [5.41, 5.74) is 2.64. The van der Waals surface area contributed by atoms with Crippen molar-refractivity contribution in [1.82, 2.24) is 9.55 Å². The van der Waals surface area contributed by atoms with E-state index >= 15 is 0 Å². The van der Waals surface area contributed by atoms with Gasteiger partial charge in [0.05, 0.1) is 11.0 Å². The van der Waals surface area contributed by atoms with Crippen LogP contribution in [0.5, 0.6) is 0 Å². The number of thioether (sulfide) groups is 1. The summed E-state index contributed by atoms with van der Waals surface area (Å²) in [6.45, 7) is 0. The smallest absolute Gasteiger partial charge is 0.227 e. The van der Waals surface area contributed by atoms with E-state index in [0.29, 0.717) is 5.56 Å². The molecule has 3 aromatic rings. The Morgan fingerprint density at radius 2 is 1.85 bits per heavy atom. The van der Waals surface area contributed by atoms with E-state index in [1.54, 1.807) is 0 Å². The molecule has 3 rings (SSSR count). The predicted molar refractivity (Wildman–Crippen MR) is 90.1 cm³/mol. The van der Waals surface area contributed by atoms with Crippen LogP contribution in [0.3, 0.4) is 0 Å². The standard InChI is InChI=1S/C15H11IN2OS/c1-18-13-5-3-2-4-12(13)17-15(18)20-14(19)10-6-8-11(16)9-7-10/h2-9H,1H3. The Morgan fingerprint density at radius 3 is 2.55 bits per heavy atom. The van der Waals surface area contributed by atoms with Gasteiger partial charge in [-0.3, -0.25) is 4.79 Å². The highest BCUT2D eigenvalue weighted by Crippen LogP contribution is 2.25. The lowest BCUT2D eigenvalue weighted by Gasteiger charge is -2.01. The summed E-state index contributed by atoms with van der Waals surface area (Å²) < 4.78 is 3.07. The number of rotatable bonds is 2. The zero-order chi connectivity index (χ0) is 14.1. The van der Waals surface area contributed by atoms with Gasteiger partial charge in [-0.1, -0.05) is 12.1 Å². The number of imidazole rings is 1. The van der Waals surface area contributed by atoms with Crippen LogP contribution in [-0.2, 0) is 7.05 Å². The van der Waals surface area contributed by atoms with Gasteiger partial charge in [-0.2, -0.15) is 0 Å². The highest BCUT2D eigenvalue weighted by molar-refractivity contribution is 14.1. The minimum Gasteiger partial charge on any atom is -0.322 e. The summed E-state index contributed by atoms with van der Waals surface area (Å²) >= 11 is 3.39. The predicted octanol–water partition coefficient (Wildman–Crippen LogP) is 4.11. The molecule has 0 saturated heterocycles. The fraction of sp³-hybridized carbons (Fsp3) is 0.0667. The van der Waals surface area contributed by atoms with Gasteiger partial charge >= 0.3 is 0 Å². The van der Waals surface area contributed by atoms with E-state index in [1.807, 2.05) is 60.1 Å². The van der Waals surface area contributed by atoms with Crippen molar-refractivity contribution in [3.8, 4) is 0 Å². The molecule has 5 heteroatoms. The van der Waals surface area contributed by atoms with Crippen LogP contribution < -0.4 is 0 Å². The third-order valence-electron chi connectivity index (χ3n) is 3.01. The van der Waals surface area contributed by atoms with Crippen LogP contribution in [0.1, 0.15) is 10.4 Å². The van der Waals surface area contributed by atoms with E-state index in [1.165, 1.54) is 11.8 Å². The zero-order valence-corrected chi connectivity index (χ0v) is 13.7. The van der Waals surface area contributed by atoms with Crippen LogP contribution in [0.25, 0.3) is 11.0 Å². The Morgan fingerprint density at radius 1 is 1.15 bits per heavy atom. The molecule has 20 heavy (non-hydrogen) atoms. The lowest BCUT2D eigenvalue weighted by molar-refractivity contribution is 0.108. The molecule has 0 N–H and O–H groups in total. The van der Waals surface area contributed by atoms with Crippen molar-refractivity contribution in [2.75, 3.05) is 0 Å². The maximum absolute atomic E-state index is 12.3. The highest BCUT2D eigenvalue weighted by atomic mass is 127. The van der Waals surface area contributed by atoms with Gasteiger partial charge in [0.1, 0.15) is 0 Å². The molecule has 100 valence electrons. The fourth-order valence-corrected chi connectivity index (χ4v) is 3.10. The molecule has 1 aromatic heterocycles. The van der Waals surface area contributed by atoms with E-state index in [4.69, 9.17) is 0 Å². The van der Waals surface area contributed by atoms with Crippen molar-refractivity contribution in [1.29, 1.82) is 0 Å². The van der Waals surface area contributed by atoms with Gasteiger partial charge in [0.2, 0.25) is 5.12 Å². The van der Waals surface area contributed by atoms with Gasteiger partial charge in [-0.25, -0.2) is 4.98 Å². The van der Waals surface area contributed by atoms with Gasteiger partial charge in [0, 0.05) is 16.2 Å². The van der Waals surface area contributed by atoms with Crippen molar-refractivity contribution in [2.24, 2.45) is 7.05 Å². The molecule has 0 saturated carbocycles. The molecule has 2 aromatic carbocycles. The molecule has 0 aliphatic carbocycles. The van der Waals surface area contributed by atoms with Crippen LogP contribution >= 0.6 is 34.4 Å². The lowest BCUT2D eigenvalue weighted by Crippen LogP contribution is -1.97. The number of hydrogen-bond acceptors (Lipinski definition) is 3. The Hall–Kier alpha value is -1.34. The van der Waals surface area contributed by atoms with E-state index < -0.39 is 0 Å². The number of carbonyl (C=O) groups excluding carboxylic acids is 1. The Balaban J connectivity index is 1.91. The molecule has 0 radical (unpaired) electrons. The Bertz CT molecular complexity index is 780. The minimum absolute atomic E-state index is 0.0137. The summed E-state index contributed by atoms with van der Waals surface area (Å²) in [4.78, 5) is 16.8. The lowest BCUT2D eigenvalue weighted by atomic mass is 10.2. The van der Waals surface area contributed by atoms with Gasteiger partial charge in [0.15, 0.2) is 5.16 Å². The van der Waals surface area contributed by atoms with Gasteiger partial charge in [-0.05, 0) is 70.8 Å². The number of halogens is 1. The normalized spacial score (nSPS) is 10.9. The molecule has 0 aliphatic heterocycles. The number of benzene rings is 2. The number of fused-ring (bicyclic) bond motifs is 1. The van der Waals surface area contributed by atoms with Crippen LogP contribution in [0.2, 0.25) is 0 Å². The average molecular weight is 394 g/mol. The molecule has 0 fully saturated rings. The molecule has 0 bridgehead atoms. The van der Waals surface area contributed by atoms with Gasteiger partial charge in [-0.15, -0.1) is 0 Å². The van der Waals surface area contributed by atoms with Crippen molar-refractivity contribution < 1.29 is 4.79 Å². The zero-order valence-electron chi connectivity index (χ0n) is 10.7. The molecule has 0 spiro atoms. The number of para-hydroxylation sites is 2. The molecule has 0 atom stereocenters. The third-order valence-corrected chi connectivity index (χ3v) is 4.70. The number of aryl methyl sites for hydroxylation is 1. The topological polar surface area (TPSA) is 34.9 Å². The van der Waals surface area contributed by atoms with Crippen molar-refractivity contribution in [3.63, 3.8) is 0 Å².